The number of nitrogens with one attached hydrogen (secondary N) is 1. The Labute approximate surface area is 116 Å². The van der Waals surface area contributed by atoms with Gasteiger partial charge in [0.15, 0.2) is 0 Å². The molecule has 18 heavy (non-hydrogen) atoms. The van der Waals surface area contributed by atoms with Gasteiger partial charge in [-0.1, -0.05) is 29.3 Å². The highest BCUT2D eigenvalue weighted by Gasteiger charge is 2.16. The molecule has 3 nitrogen and oxygen atoms in total. The summed E-state index contributed by atoms with van der Waals surface area (Å²) in [6.45, 7) is 2.17. The average Bonchev–Trinajstić information content (AvgIpc) is 2.38. The second-order valence-electron chi connectivity index (χ2n) is 4.70. The molecule has 1 unspecified atom stereocenters. The van der Waals surface area contributed by atoms with Crippen LogP contribution in [0.2, 0.25) is 0 Å². The number of carbonyl (C=O) groups is 1. The lowest BCUT2D eigenvalue weighted by atomic mass is 9.89. The summed E-state index contributed by atoms with van der Waals surface area (Å²) < 4.78 is 0.964. The van der Waals surface area contributed by atoms with Gasteiger partial charge in [-0.25, -0.2) is 5.43 Å². The summed E-state index contributed by atoms with van der Waals surface area (Å²) >= 11 is 3.34. The van der Waals surface area contributed by atoms with E-state index >= 15 is 0 Å². The summed E-state index contributed by atoms with van der Waals surface area (Å²) in [5, 5.41) is 4.27. The molecular weight excluding hydrogens is 292 g/mol. The first-order valence-electron chi connectivity index (χ1n) is 6.29. The van der Waals surface area contributed by atoms with Crippen molar-refractivity contribution in [2.24, 2.45) is 11.0 Å². The molecule has 0 radical (unpaired) electrons. The van der Waals surface area contributed by atoms with Gasteiger partial charge in [-0.3, -0.25) is 4.79 Å². The number of nitrogens with zero attached hydrogens (tertiary/aromatic N) is 1. The SMILES string of the molecule is CC1CCCC/C1=N\NC(=O)c1ccc(Br)cc1. The zero-order valence-electron chi connectivity index (χ0n) is 10.4. The van der Waals surface area contributed by atoms with E-state index < -0.39 is 0 Å². The maximum absolute atomic E-state index is 11.9. The van der Waals surface area contributed by atoms with Crippen molar-refractivity contribution >= 4 is 27.5 Å². The Morgan fingerprint density at radius 2 is 2.06 bits per heavy atom. The topological polar surface area (TPSA) is 41.5 Å². The number of hydrazone groups is 1. The van der Waals surface area contributed by atoms with Gasteiger partial charge < -0.3 is 0 Å². The molecule has 1 saturated carbocycles. The van der Waals surface area contributed by atoms with Crippen LogP contribution in [0.15, 0.2) is 33.8 Å². The summed E-state index contributed by atoms with van der Waals surface area (Å²) in [5.41, 5.74) is 4.40. The van der Waals surface area contributed by atoms with Crippen LogP contribution in [-0.4, -0.2) is 11.6 Å². The molecule has 0 saturated heterocycles. The lowest BCUT2D eigenvalue weighted by Crippen LogP contribution is -2.24. The van der Waals surface area contributed by atoms with Crippen LogP contribution in [0.25, 0.3) is 0 Å². The fourth-order valence-corrected chi connectivity index (χ4v) is 2.39. The minimum Gasteiger partial charge on any atom is -0.267 e. The molecule has 0 aliphatic heterocycles. The molecule has 4 heteroatoms. The van der Waals surface area contributed by atoms with Crippen LogP contribution in [0.1, 0.15) is 43.0 Å². The number of halogens is 1. The van der Waals surface area contributed by atoms with Crippen molar-refractivity contribution in [1.29, 1.82) is 0 Å². The summed E-state index contributed by atoms with van der Waals surface area (Å²) in [6, 6.07) is 7.27. The molecule has 0 heterocycles. The van der Waals surface area contributed by atoms with Crippen molar-refractivity contribution in [2.45, 2.75) is 32.6 Å². The first kappa shape index (κ1) is 13.3. The van der Waals surface area contributed by atoms with Gasteiger partial charge >= 0.3 is 0 Å². The summed E-state index contributed by atoms with van der Waals surface area (Å²) in [4.78, 5) is 11.9. The lowest BCUT2D eigenvalue weighted by molar-refractivity contribution is 0.0954. The normalized spacial score (nSPS) is 21.9. The van der Waals surface area contributed by atoms with Gasteiger partial charge in [0.25, 0.3) is 5.91 Å². The van der Waals surface area contributed by atoms with Crippen LogP contribution in [0, 0.1) is 5.92 Å². The van der Waals surface area contributed by atoms with Gasteiger partial charge in [-0.2, -0.15) is 5.10 Å². The van der Waals surface area contributed by atoms with E-state index in [1.807, 2.05) is 12.1 Å². The number of hydrogen-bond acceptors (Lipinski definition) is 2. The fraction of sp³-hybridized carbons (Fsp3) is 0.429. The number of hydrogen-bond donors (Lipinski definition) is 1. The molecule has 1 amide bonds. The molecule has 1 aromatic carbocycles. The number of benzene rings is 1. The van der Waals surface area contributed by atoms with Crippen molar-refractivity contribution in [3.8, 4) is 0 Å². The Bertz CT molecular complexity index is 453. The van der Waals surface area contributed by atoms with Gasteiger partial charge in [-0.05, 0) is 49.4 Å². The van der Waals surface area contributed by atoms with Gasteiger partial charge in [0, 0.05) is 15.7 Å². The van der Waals surface area contributed by atoms with E-state index in [0.29, 0.717) is 11.5 Å². The predicted molar refractivity (Wildman–Crippen MR) is 76.7 cm³/mol. The monoisotopic (exact) mass is 308 g/mol. The largest absolute Gasteiger partial charge is 0.271 e. The van der Waals surface area contributed by atoms with Crippen LogP contribution < -0.4 is 5.43 Å². The molecule has 1 fully saturated rings. The molecule has 2 rings (SSSR count). The van der Waals surface area contributed by atoms with Gasteiger partial charge in [0.2, 0.25) is 0 Å². The minimum atomic E-state index is -0.146. The Morgan fingerprint density at radius 1 is 1.33 bits per heavy atom. The molecule has 1 N–H and O–H groups in total. The minimum absolute atomic E-state index is 0.146. The predicted octanol–water partition coefficient (Wildman–Crippen LogP) is 3.75. The van der Waals surface area contributed by atoms with Crippen LogP contribution >= 0.6 is 15.9 Å². The van der Waals surface area contributed by atoms with Gasteiger partial charge in [0.05, 0.1) is 0 Å². The van der Waals surface area contributed by atoms with Crippen molar-refractivity contribution in [2.75, 3.05) is 0 Å². The highest BCUT2D eigenvalue weighted by molar-refractivity contribution is 9.10. The molecular formula is C14H17BrN2O. The van der Waals surface area contributed by atoms with E-state index in [1.165, 1.54) is 19.3 Å². The maximum Gasteiger partial charge on any atom is 0.271 e. The van der Waals surface area contributed by atoms with E-state index in [4.69, 9.17) is 0 Å². The Hall–Kier alpha value is -1.16. The third kappa shape index (κ3) is 3.42. The first-order chi connectivity index (χ1) is 8.66. The van der Waals surface area contributed by atoms with Crippen molar-refractivity contribution in [3.63, 3.8) is 0 Å². The second kappa shape index (κ2) is 6.14. The van der Waals surface area contributed by atoms with Crippen LogP contribution in [0.4, 0.5) is 0 Å². The zero-order chi connectivity index (χ0) is 13.0. The Morgan fingerprint density at radius 3 is 2.72 bits per heavy atom. The molecule has 1 atom stereocenters. The average molecular weight is 309 g/mol. The number of amides is 1. The third-order valence-corrected chi connectivity index (χ3v) is 3.83. The standard InChI is InChI=1S/C14H17BrN2O/c1-10-4-2-3-5-13(10)16-17-14(18)11-6-8-12(15)9-7-11/h6-10H,2-5H2,1H3,(H,17,18)/b16-13+. The van der Waals surface area contributed by atoms with Crippen molar-refractivity contribution in [3.05, 3.63) is 34.3 Å². The van der Waals surface area contributed by atoms with Gasteiger partial charge in [-0.15, -0.1) is 0 Å². The maximum atomic E-state index is 11.9. The number of carbonyl (C=O) groups excluding carboxylic acids is 1. The third-order valence-electron chi connectivity index (χ3n) is 3.30. The summed E-state index contributed by atoms with van der Waals surface area (Å²) in [7, 11) is 0. The molecule has 1 aliphatic rings. The molecule has 1 aliphatic carbocycles. The molecule has 0 spiro atoms. The highest BCUT2D eigenvalue weighted by atomic mass is 79.9. The fourth-order valence-electron chi connectivity index (χ4n) is 2.12. The first-order valence-corrected chi connectivity index (χ1v) is 7.08. The number of rotatable bonds is 2. The van der Waals surface area contributed by atoms with Crippen LogP contribution in [0.3, 0.4) is 0 Å². The Balaban J connectivity index is 1.99. The van der Waals surface area contributed by atoms with Crippen LogP contribution in [0.5, 0.6) is 0 Å². The lowest BCUT2D eigenvalue weighted by Gasteiger charge is -2.19. The molecule has 1 aromatic rings. The van der Waals surface area contributed by atoms with E-state index in [0.717, 1.165) is 16.6 Å². The smallest absolute Gasteiger partial charge is 0.267 e. The highest BCUT2D eigenvalue weighted by Crippen LogP contribution is 2.20. The van der Waals surface area contributed by atoms with Crippen molar-refractivity contribution < 1.29 is 4.79 Å². The molecule has 0 aromatic heterocycles. The van der Waals surface area contributed by atoms with E-state index in [9.17, 15) is 4.79 Å². The summed E-state index contributed by atoms with van der Waals surface area (Å²) in [6.07, 6.45) is 4.62. The second-order valence-corrected chi connectivity index (χ2v) is 5.61. The van der Waals surface area contributed by atoms with Gasteiger partial charge in [0.1, 0.15) is 0 Å². The van der Waals surface area contributed by atoms with E-state index in [-0.39, 0.29) is 5.91 Å². The zero-order valence-corrected chi connectivity index (χ0v) is 12.0. The summed E-state index contributed by atoms with van der Waals surface area (Å²) in [5.74, 6) is 0.344. The van der Waals surface area contributed by atoms with Crippen LogP contribution in [-0.2, 0) is 0 Å². The molecule has 96 valence electrons. The Kier molecular flexibility index (Phi) is 4.53. The van der Waals surface area contributed by atoms with Crippen molar-refractivity contribution in [1.82, 2.24) is 5.43 Å². The molecule has 0 bridgehead atoms. The van der Waals surface area contributed by atoms with E-state index in [2.05, 4.69) is 33.4 Å². The quantitative estimate of drug-likeness (QED) is 0.831. The van der Waals surface area contributed by atoms with E-state index in [1.54, 1.807) is 12.1 Å².